The molecule has 5 heteroatoms. The molecule has 100 valence electrons. The maximum absolute atomic E-state index is 5.19. The SMILES string of the molecule is CNc1nc(C)cc(Nc2ccccc2COC)n1. The third-order valence-electron chi connectivity index (χ3n) is 2.66. The molecule has 0 aliphatic rings. The van der Waals surface area contributed by atoms with E-state index in [1.807, 2.05) is 37.3 Å². The van der Waals surface area contributed by atoms with Gasteiger partial charge < -0.3 is 15.4 Å². The Morgan fingerprint density at radius 1 is 1.21 bits per heavy atom. The number of hydrogen-bond donors (Lipinski definition) is 2. The molecule has 0 aliphatic carbocycles. The fourth-order valence-corrected chi connectivity index (χ4v) is 1.81. The highest BCUT2D eigenvalue weighted by Crippen LogP contribution is 2.21. The van der Waals surface area contributed by atoms with Crippen molar-refractivity contribution in [2.24, 2.45) is 0 Å². The van der Waals surface area contributed by atoms with Crippen LogP contribution in [-0.4, -0.2) is 24.1 Å². The van der Waals surface area contributed by atoms with Gasteiger partial charge in [-0.05, 0) is 13.0 Å². The van der Waals surface area contributed by atoms with Crippen LogP contribution in [-0.2, 0) is 11.3 Å². The van der Waals surface area contributed by atoms with Crippen LogP contribution in [0.1, 0.15) is 11.3 Å². The third kappa shape index (κ3) is 3.42. The average Bonchev–Trinajstić information content (AvgIpc) is 2.40. The number of anilines is 3. The van der Waals surface area contributed by atoms with Crippen molar-refractivity contribution >= 4 is 17.5 Å². The molecule has 0 saturated carbocycles. The summed E-state index contributed by atoms with van der Waals surface area (Å²) in [5.74, 6) is 1.37. The number of ether oxygens (including phenoxy) is 1. The van der Waals surface area contributed by atoms with E-state index in [9.17, 15) is 0 Å². The smallest absolute Gasteiger partial charge is 0.224 e. The number of rotatable bonds is 5. The molecule has 19 heavy (non-hydrogen) atoms. The van der Waals surface area contributed by atoms with Crippen molar-refractivity contribution in [2.75, 3.05) is 24.8 Å². The molecule has 0 amide bonds. The molecular formula is C14H18N4O. The molecule has 0 aliphatic heterocycles. The predicted molar refractivity (Wildman–Crippen MR) is 76.8 cm³/mol. The highest BCUT2D eigenvalue weighted by Gasteiger charge is 2.05. The molecule has 5 nitrogen and oxygen atoms in total. The van der Waals surface area contributed by atoms with Crippen molar-refractivity contribution < 1.29 is 4.74 Å². The molecule has 0 spiro atoms. The standard InChI is InChI=1S/C14H18N4O/c1-10-8-13(18-14(15-2)16-10)17-12-7-5-4-6-11(12)9-19-3/h4-8H,9H2,1-3H3,(H2,15,16,17,18). The number of methoxy groups -OCH3 is 1. The number of aryl methyl sites for hydroxylation is 1. The molecule has 0 unspecified atom stereocenters. The zero-order valence-corrected chi connectivity index (χ0v) is 11.4. The van der Waals surface area contributed by atoms with Crippen molar-refractivity contribution in [1.29, 1.82) is 0 Å². The summed E-state index contributed by atoms with van der Waals surface area (Å²) < 4.78 is 5.19. The summed E-state index contributed by atoms with van der Waals surface area (Å²) >= 11 is 0. The summed E-state index contributed by atoms with van der Waals surface area (Å²) in [7, 11) is 3.49. The first-order valence-corrected chi connectivity index (χ1v) is 6.10. The van der Waals surface area contributed by atoms with Crippen LogP contribution >= 0.6 is 0 Å². The van der Waals surface area contributed by atoms with Gasteiger partial charge in [0.2, 0.25) is 5.95 Å². The van der Waals surface area contributed by atoms with Crippen molar-refractivity contribution in [2.45, 2.75) is 13.5 Å². The van der Waals surface area contributed by atoms with Gasteiger partial charge in [0.15, 0.2) is 0 Å². The van der Waals surface area contributed by atoms with Crippen LogP contribution in [0.3, 0.4) is 0 Å². The molecule has 0 bridgehead atoms. The maximum atomic E-state index is 5.19. The van der Waals surface area contributed by atoms with Gasteiger partial charge in [-0.15, -0.1) is 0 Å². The zero-order valence-electron chi connectivity index (χ0n) is 11.4. The van der Waals surface area contributed by atoms with E-state index in [-0.39, 0.29) is 0 Å². The Labute approximate surface area is 113 Å². The molecule has 1 aromatic heterocycles. The fraction of sp³-hybridized carbons (Fsp3) is 0.286. The Hall–Kier alpha value is -2.14. The molecule has 1 aromatic carbocycles. The summed E-state index contributed by atoms with van der Waals surface area (Å²) in [6, 6.07) is 9.91. The van der Waals surface area contributed by atoms with Crippen molar-refractivity contribution in [3.8, 4) is 0 Å². The average molecular weight is 258 g/mol. The molecule has 2 N–H and O–H groups in total. The minimum absolute atomic E-state index is 0.562. The summed E-state index contributed by atoms with van der Waals surface area (Å²) in [4.78, 5) is 8.64. The van der Waals surface area contributed by atoms with Crippen LogP contribution in [0.4, 0.5) is 17.5 Å². The van der Waals surface area contributed by atoms with Crippen LogP contribution in [0.5, 0.6) is 0 Å². The van der Waals surface area contributed by atoms with E-state index in [1.54, 1.807) is 14.2 Å². The van der Waals surface area contributed by atoms with Crippen LogP contribution in [0.2, 0.25) is 0 Å². The minimum Gasteiger partial charge on any atom is -0.380 e. The summed E-state index contributed by atoms with van der Waals surface area (Å²) in [5, 5.41) is 6.25. The Morgan fingerprint density at radius 3 is 2.74 bits per heavy atom. The van der Waals surface area contributed by atoms with E-state index in [4.69, 9.17) is 4.74 Å². The van der Waals surface area contributed by atoms with Gasteiger partial charge in [-0.2, -0.15) is 4.98 Å². The lowest BCUT2D eigenvalue weighted by Crippen LogP contribution is -2.03. The largest absolute Gasteiger partial charge is 0.380 e. The first kappa shape index (κ1) is 13.3. The maximum Gasteiger partial charge on any atom is 0.224 e. The van der Waals surface area contributed by atoms with Gasteiger partial charge in [0.05, 0.1) is 6.61 Å². The van der Waals surface area contributed by atoms with Crippen molar-refractivity contribution in [3.05, 3.63) is 41.6 Å². The second-order valence-electron chi connectivity index (χ2n) is 4.18. The Bertz CT molecular complexity index is 557. The quantitative estimate of drug-likeness (QED) is 0.863. The molecule has 0 atom stereocenters. The lowest BCUT2D eigenvalue weighted by molar-refractivity contribution is 0.185. The third-order valence-corrected chi connectivity index (χ3v) is 2.66. The number of benzene rings is 1. The van der Waals surface area contributed by atoms with Crippen LogP contribution in [0.15, 0.2) is 30.3 Å². The molecule has 2 aromatic rings. The first-order chi connectivity index (χ1) is 9.22. The van der Waals surface area contributed by atoms with Crippen molar-refractivity contribution in [3.63, 3.8) is 0 Å². The van der Waals surface area contributed by atoms with Gasteiger partial charge in [-0.3, -0.25) is 0 Å². The second-order valence-corrected chi connectivity index (χ2v) is 4.18. The molecule has 0 fully saturated rings. The second kappa shape index (κ2) is 6.15. The van der Waals surface area contributed by atoms with Crippen LogP contribution in [0.25, 0.3) is 0 Å². The summed E-state index contributed by atoms with van der Waals surface area (Å²) in [6.07, 6.45) is 0. The van der Waals surface area contributed by atoms with Gasteiger partial charge in [-0.1, -0.05) is 18.2 Å². The van der Waals surface area contributed by atoms with Gasteiger partial charge in [0, 0.05) is 37.2 Å². The number of aromatic nitrogens is 2. The van der Waals surface area contributed by atoms with E-state index >= 15 is 0 Å². The Morgan fingerprint density at radius 2 is 2.00 bits per heavy atom. The van der Waals surface area contributed by atoms with Crippen LogP contribution in [0, 0.1) is 6.92 Å². The minimum atomic E-state index is 0.562. The molecular weight excluding hydrogens is 240 g/mol. The van der Waals surface area contributed by atoms with E-state index < -0.39 is 0 Å². The number of para-hydroxylation sites is 1. The molecule has 1 heterocycles. The van der Waals surface area contributed by atoms with Crippen LogP contribution < -0.4 is 10.6 Å². The van der Waals surface area contributed by atoms with E-state index in [0.717, 1.165) is 22.8 Å². The number of nitrogens with zero attached hydrogens (tertiary/aromatic N) is 2. The lowest BCUT2D eigenvalue weighted by atomic mass is 10.2. The van der Waals surface area contributed by atoms with Gasteiger partial charge >= 0.3 is 0 Å². The van der Waals surface area contributed by atoms with Gasteiger partial charge in [-0.25, -0.2) is 4.98 Å². The first-order valence-electron chi connectivity index (χ1n) is 6.10. The molecule has 0 radical (unpaired) electrons. The van der Waals surface area contributed by atoms with E-state index in [0.29, 0.717) is 12.6 Å². The topological polar surface area (TPSA) is 59.1 Å². The summed E-state index contributed by atoms with van der Waals surface area (Å²) in [5.41, 5.74) is 2.99. The number of nitrogens with one attached hydrogen (secondary N) is 2. The predicted octanol–water partition coefficient (Wildman–Crippen LogP) is 2.72. The van der Waals surface area contributed by atoms with Gasteiger partial charge in [0.25, 0.3) is 0 Å². The monoisotopic (exact) mass is 258 g/mol. The summed E-state index contributed by atoms with van der Waals surface area (Å²) in [6.45, 7) is 2.50. The molecule has 0 saturated heterocycles. The van der Waals surface area contributed by atoms with Gasteiger partial charge in [0.1, 0.15) is 5.82 Å². The Kier molecular flexibility index (Phi) is 4.30. The zero-order chi connectivity index (χ0) is 13.7. The fourth-order valence-electron chi connectivity index (χ4n) is 1.81. The Balaban J connectivity index is 2.28. The highest BCUT2D eigenvalue weighted by atomic mass is 16.5. The lowest BCUT2D eigenvalue weighted by Gasteiger charge is -2.12. The van der Waals surface area contributed by atoms with Crippen molar-refractivity contribution in [1.82, 2.24) is 9.97 Å². The van der Waals surface area contributed by atoms with E-state index in [2.05, 4.69) is 20.6 Å². The highest BCUT2D eigenvalue weighted by molar-refractivity contribution is 5.61. The van der Waals surface area contributed by atoms with E-state index in [1.165, 1.54) is 0 Å². The number of hydrogen-bond acceptors (Lipinski definition) is 5. The normalized spacial score (nSPS) is 10.3. The molecule has 2 rings (SSSR count).